The Morgan fingerprint density at radius 2 is 1.89 bits per heavy atom. The van der Waals surface area contributed by atoms with E-state index in [1.54, 1.807) is 12.1 Å². The average Bonchev–Trinajstić information content (AvgIpc) is 2.32. The van der Waals surface area contributed by atoms with Crippen molar-refractivity contribution < 1.29 is 4.74 Å². The summed E-state index contributed by atoms with van der Waals surface area (Å²) < 4.78 is 5.76. The molecule has 0 spiro atoms. The number of nitrogens with zero attached hydrogens (tertiary/aromatic N) is 2. The lowest BCUT2D eigenvalue weighted by Gasteiger charge is -2.11. The molecule has 0 aliphatic rings. The van der Waals surface area contributed by atoms with Gasteiger partial charge in [-0.1, -0.05) is 11.6 Å². The van der Waals surface area contributed by atoms with Crippen LogP contribution in [0.4, 0.5) is 0 Å². The number of hydrogen-bond donors (Lipinski definition) is 0. The topological polar surface area (TPSA) is 45.9 Å². The summed E-state index contributed by atoms with van der Waals surface area (Å²) in [5, 5.41) is 9.84. The van der Waals surface area contributed by atoms with Crippen LogP contribution in [-0.2, 0) is 0 Å². The molecule has 0 saturated carbocycles. The lowest BCUT2D eigenvalue weighted by atomic mass is 10.1. The Kier molecular flexibility index (Phi) is 3.73. The molecule has 0 atom stereocenters. The summed E-state index contributed by atoms with van der Waals surface area (Å²) >= 11 is 5.91. The fraction of sp³-hybridized carbons (Fsp3) is 0.200. The van der Waals surface area contributed by atoms with Crippen molar-refractivity contribution in [2.75, 3.05) is 0 Å². The molecule has 0 aliphatic heterocycles. The summed E-state index contributed by atoms with van der Waals surface area (Å²) in [4.78, 5) is 4.29. The van der Waals surface area contributed by atoms with Crippen LogP contribution in [0, 0.1) is 32.1 Å². The predicted molar refractivity (Wildman–Crippen MR) is 74.7 cm³/mol. The maximum atomic E-state index is 9.19. The van der Waals surface area contributed by atoms with E-state index < -0.39 is 0 Å². The minimum Gasteiger partial charge on any atom is -0.437 e. The number of aryl methyl sites for hydroxylation is 3. The van der Waals surface area contributed by atoms with E-state index in [0.717, 1.165) is 16.8 Å². The van der Waals surface area contributed by atoms with Crippen LogP contribution in [0.3, 0.4) is 0 Å². The van der Waals surface area contributed by atoms with E-state index in [1.807, 2.05) is 32.9 Å². The second-order valence-electron chi connectivity index (χ2n) is 4.38. The summed E-state index contributed by atoms with van der Waals surface area (Å²) in [6.07, 6.45) is 0. The molecule has 1 aromatic heterocycles. The Hall–Kier alpha value is -2.05. The van der Waals surface area contributed by atoms with Gasteiger partial charge < -0.3 is 4.74 Å². The van der Waals surface area contributed by atoms with E-state index in [0.29, 0.717) is 22.2 Å². The maximum absolute atomic E-state index is 9.19. The SMILES string of the molecule is Cc1cc(C)c(C#N)c(Oc2ccc(Cl)cc2C)n1. The quantitative estimate of drug-likeness (QED) is 0.818. The molecule has 3 nitrogen and oxygen atoms in total. The molecule has 0 fully saturated rings. The highest BCUT2D eigenvalue weighted by Crippen LogP contribution is 2.29. The van der Waals surface area contributed by atoms with Crippen LogP contribution in [-0.4, -0.2) is 4.98 Å². The van der Waals surface area contributed by atoms with Crippen LogP contribution < -0.4 is 4.74 Å². The summed E-state index contributed by atoms with van der Waals surface area (Å²) in [6, 6.07) is 9.33. The third-order valence-corrected chi connectivity index (χ3v) is 3.00. The Bertz CT molecular complexity index is 675. The summed E-state index contributed by atoms with van der Waals surface area (Å²) in [5.74, 6) is 0.990. The minimum absolute atomic E-state index is 0.338. The normalized spacial score (nSPS) is 10.1. The highest BCUT2D eigenvalue weighted by molar-refractivity contribution is 6.30. The Morgan fingerprint density at radius 1 is 1.16 bits per heavy atom. The van der Waals surface area contributed by atoms with Gasteiger partial charge in [-0.05, 0) is 56.2 Å². The first-order valence-corrected chi connectivity index (χ1v) is 6.21. The Labute approximate surface area is 117 Å². The van der Waals surface area contributed by atoms with Gasteiger partial charge in [0, 0.05) is 10.7 Å². The number of hydrogen-bond acceptors (Lipinski definition) is 3. The molecule has 0 aliphatic carbocycles. The van der Waals surface area contributed by atoms with Gasteiger partial charge in [0.05, 0.1) is 0 Å². The van der Waals surface area contributed by atoms with Crippen LogP contribution in [0.2, 0.25) is 5.02 Å². The summed E-state index contributed by atoms with van der Waals surface area (Å²) in [5.41, 5.74) is 3.03. The van der Waals surface area contributed by atoms with Gasteiger partial charge in [-0.3, -0.25) is 0 Å². The van der Waals surface area contributed by atoms with Gasteiger partial charge in [-0.15, -0.1) is 0 Å². The highest BCUT2D eigenvalue weighted by atomic mass is 35.5. The van der Waals surface area contributed by atoms with Crippen LogP contribution in [0.15, 0.2) is 24.3 Å². The molecule has 1 heterocycles. The number of ether oxygens (including phenoxy) is 1. The van der Waals surface area contributed by atoms with Crippen molar-refractivity contribution in [1.82, 2.24) is 4.98 Å². The number of nitriles is 1. The molecule has 0 radical (unpaired) electrons. The van der Waals surface area contributed by atoms with E-state index in [9.17, 15) is 5.26 Å². The van der Waals surface area contributed by atoms with Crippen molar-refractivity contribution >= 4 is 11.6 Å². The van der Waals surface area contributed by atoms with Gasteiger partial charge in [0.2, 0.25) is 5.88 Å². The first-order valence-electron chi connectivity index (χ1n) is 5.83. The molecule has 0 unspecified atom stereocenters. The van der Waals surface area contributed by atoms with E-state index in [-0.39, 0.29) is 0 Å². The first-order chi connectivity index (χ1) is 9.01. The molecule has 19 heavy (non-hydrogen) atoms. The molecule has 96 valence electrons. The Morgan fingerprint density at radius 3 is 2.53 bits per heavy atom. The lowest BCUT2D eigenvalue weighted by Crippen LogP contribution is -1.97. The zero-order chi connectivity index (χ0) is 14.0. The molecule has 0 bridgehead atoms. The summed E-state index contributed by atoms with van der Waals surface area (Å²) in [7, 11) is 0. The van der Waals surface area contributed by atoms with Crippen LogP contribution in [0.5, 0.6) is 11.6 Å². The van der Waals surface area contributed by atoms with Crippen LogP contribution in [0.1, 0.15) is 22.4 Å². The fourth-order valence-corrected chi connectivity index (χ4v) is 2.07. The summed E-state index contributed by atoms with van der Waals surface area (Å²) in [6.45, 7) is 5.64. The molecule has 0 amide bonds. The Balaban J connectivity index is 2.46. The molecular formula is C15H13ClN2O. The zero-order valence-corrected chi connectivity index (χ0v) is 11.7. The molecule has 4 heteroatoms. The third kappa shape index (κ3) is 2.86. The first kappa shape index (κ1) is 13.4. The third-order valence-electron chi connectivity index (χ3n) is 2.77. The van der Waals surface area contributed by atoms with Crippen molar-refractivity contribution in [2.24, 2.45) is 0 Å². The van der Waals surface area contributed by atoms with Gasteiger partial charge >= 0.3 is 0 Å². The second kappa shape index (κ2) is 5.29. The molecule has 1 aromatic carbocycles. The number of pyridine rings is 1. The van der Waals surface area contributed by atoms with Crippen LogP contribution >= 0.6 is 11.6 Å². The van der Waals surface area contributed by atoms with Crippen molar-refractivity contribution in [1.29, 1.82) is 5.26 Å². The highest BCUT2D eigenvalue weighted by Gasteiger charge is 2.12. The molecular weight excluding hydrogens is 260 g/mol. The molecule has 0 saturated heterocycles. The molecule has 2 aromatic rings. The van der Waals surface area contributed by atoms with E-state index in [1.165, 1.54) is 0 Å². The number of rotatable bonds is 2. The van der Waals surface area contributed by atoms with Crippen molar-refractivity contribution in [3.05, 3.63) is 51.7 Å². The van der Waals surface area contributed by atoms with E-state index in [2.05, 4.69) is 11.1 Å². The lowest BCUT2D eigenvalue weighted by molar-refractivity contribution is 0.456. The van der Waals surface area contributed by atoms with Crippen molar-refractivity contribution in [3.63, 3.8) is 0 Å². The maximum Gasteiger partial charge on any atom is 0.237 e. The van der Waals surface area contributed by atoms with E-state index in [4.69, 9.17) is 16.3 Å². The number of benzene rings is 1. The largest absolute Gasteiger partial charge is 0.437 e. The monoisotopic (exact) mass is 272 g/mol. The fourth-order valence-electron chi connectivity index (χ4n) is 1.84. The second-order valence-corrected chi connectivity index (χ2v) is 4.82. The van der Waals surface area contributed by atoms with Gasteiger partial charge in [0.25, 0.3) is 0 Å². The van der Waals surface area contributed by atoms with Gasteiger partial charge in [0.15, 0.2) is 0 Å². The average molecular weight is 273 g/mol. The van der Waals surface area contributed by atoms with Gasteiger partial charge in [-0.25, -0.2) is 4.98 Å². The minimum atomic E-state index is 0.338. The van der Waals surface area contributed by atoms with E-state index >= 15 is 0 Å². The zero-order valence-electron chi connectivity index (χ0n) is 11.0. The molecule has 2 rings (SSSR count). The smallest absolute Gasteiger partial charge is 0.237 e. The standard InChI is InChI=1S/C15H13ClN2O/c1-9-6-11(3)18-15(13(9)8-17)19-14-5-4-12(16)7-10(14)2/h4-7H,1-3H3. The van der Waals surface area contributed by atoms with Crippen molar-refractivity contribution in [3.8, 4) is 17.7 Å². The van der Waals surface area contributed by atoms with Gasteiger partial charge in [0.1, 0.15) is 17.4 Å². The van der Waals surface area contributed by atoms with Crippen LogP contribution in [0.25, 0.3) is 0 Å². The number of halogens is 1. The van der Waals surface area contributed by atoms with Crippen molar-refractivity contribution in [2.45, 2.75) is 20.8 Å². The predicted octanol–water partition coefficient (Wildman–Crippen LogP) is 4.32. The number of aromatic nitrogens is 1. The van der Waals surface area contributed by atoms with Gasteiger partial charge in [-0.2, -0.15) is 5.26 Å². The molecule has 0 N–H and O–H groups in total.